The molecule has 0 N–H and O–H groups in total. The number of hydrogen-bond acceptors (Lipinski definition) is 3. The Morgan fingerprint density at radius 3 is 2.92 bits per heavy atom. The molecule has 0 spiro atoms. The van der Waals surface area contributed by atoms with Gasteiger partial charge in [-0.15, -0.1) is 0 Å². The Hall–Kier alpha value is -1.81. The van der Waals surface area contributed by atoms with Crippen LogP contribution in [0.15, 0.2) is 24.3 Å². The summed E-state index contributed by atoms with van der Waals surface area (Å²) in [5, 5.41) is 1.34. The molecule has 138 valence electrons. The molecule has 3 atom stereocenters. The lowest BCUT2D eigenvalue weighted by Crippen LogP contribution is -2.54. The van der Waals surface area contributed by atoms with Gasteiger partial charge in [0, 0.05) is 23.1 Å². The van der Waals surface area contributed by atoms with Gasteiger partial charge in [0.25, 0.3) is 0 Å². The van der Waals surface area contributed by atoms with E-state index in [0.29, 0.717) is 12.6 Å². The van der Waals surface area contributed by atoms with Crippen LogP contribution in [0.25, 0.3) is 10.9 Å². The van der Waals surface area contributed by atoms with Crippen LogP contribution in [0.5, 0.6) is 0 Å². The second kappa shape index (κ2) is 5.85. The Labute approximate surface area is 155 Å². The number of piperidine rings is 1. The molecule has 26 heavy (non-hydrogen) atoms. The van der Waals surface area contributed by atoms with Crippen molar-refractivity contribution in [1.82, 2.24) is 9.47 Å². The zero-order valence-corrected chi connectivity index (χ0v) is 15.8. The summed E-state index contributed by atoms with van der Waals surface area (Å²) in [5.41, 5.74) is 4.32. The summed E-state index contributed by atoms with van der Waals surface area (Å²) in [6.45, 7) is 7.02. The van der Waals surface area contributed by atoms with Crippen molar-refractivity contribution in [3.05, 3.63) is 35.5 Å². The van der Waals surface area contributed by atoms with Crippen molar-refractivity contribution >= 4 is 16.9 Å². The fourth-order valence-corrected chi connectivity index (χ4v) is 6.13. The van der Waals surface area contributed by atoms with E-state index in [0.717, 1.165) is 25.8 Å². The van der Waals surface area contributed by atoms with Gasteiger partial charge in [-0.25, -0.2) is 4.79 Å². The van der Waals surface area contributed by atoms with Crippen LogP contribution < -0.4 is 0 Å². The molecule has 1 saturated heterocycles. The molecule has 4 heterocycles. The smallest absolute Gasteiger partial charge is 0.329 e. The van der Waals surface area contributed by atoms with Crippen molar-refractivity contribution in [1.29, 1.82) is 0 Å². The Balaban J connectivity index is 1.80. The molecule has 1 fully saturated rings. The highest BCUT2D eigenvalue weighted by atomic mass is 16.5. The SMILES string of the molecule is CCOC(=O)[C@H]1C[C@]2(CC)CCCN3CCc4c(n1c1ccccc41)[C@H]32. The molecule has 2 aromatic rings. The van der Waals surface area contributed by atoms with Crippen LogP contribution in [0.2, 0.25) is 0 Å². The highest BCUT2D eigenvalue weighted by Crippen LogP contribution is 2.59. The van der Waals surface area contributed by atoms with E-state index >= 15 is 0 Å². The maximum atomic E-state index is 13.0. The first-order chi connectivity index (χ1) is 12.7. The predicted octanol–water partition coefficient (Wildman–Crippen LogP) is 4.24. The molecule has 4 heteroatoms. The number of fused-ring (bicyclic) bond motifs is 3. The minimum atomic E-state index is -0.183. The van der Waals surface area contributed by atoms with Gasteiger partial charge in [0.15, 0.2) is 0 Å². The van der Waals surface area contributed by atoms with Gasteiger partial charge in [-0.05, 0) is 62.6 Å². The van der Waals surface area contributed by atoms with Gasteiger partial charge in [-0.2, -0.15) is 0 Å². The molecule has 1 aromatic carbocycles. The molecule has 5 rings (SSSR count). The molecular weight excluding hydrogens is 324 g/mol. The summed E-state index contributed by atoms with van der Waals surface area (Å²) < 4.78 is 7.90. The fourth-order valence-electron chi connectivity index (χ4n) is 6.13. The third-order valence-electron chi connectivity index (χ3n) is 7.20. The minimum Gasteiger partial charge on any atom is -0.464 e. The zero-order chi connectivity index (χ0) is 17.9. The first-order valence-electron chi connectivity index (χ1n) is 10.2. The molecule has 3 aliphatic heterocycles. The largest absolute Gasteiger partial charge is 0.464 e. The number of carbonyl (C=O) groups excluding carboxylic acids is 1. The minimum absolute atomic E-state index is 0.0509. The number of para-hydroxylation sites is 1. The number of hydrogen-bond donors (Lipinski definition) is 0. The highest BCUT2D eigenvalue weighted by molar-refractivity contribution is 5.89. The molecule has 0 unspecified atom stereocenters. The standard InChI is InChI=1S/C22H28N2O2/c1-3-22-11-7-12-23-13-10-16-15-8-5-6-9-17(15)24(19(16)20(22)23)18(14-22)21(25)26-4-2/h5-6,8-9,18,20H,3-4,7,10-14H2,1-2H3/t18-,20+,22+/m1/s1. The monoisotopic (exact) mass is 352 g/mol. The Bertz CT molecular complexity index is 870. The average Bonchev–Trinajstić information content (AvgIpc) is 3.02. The lowest BCUT2D eigenvalue weighted by atomic mass is 9.63. The van der Waals surface area contributed by atoms with Crippen molar-refractivity contribution in [2.24, 2.45) is 5.41 Å². The average molecular weight is 352 g/mol. The van der Waals surface area contributed by atoms with Crippen molar-refractivity contribution in [3.63, 3.8) is 0 Å². The van der Waals surface area contributed by atoms with Crippen LogP contribution in [0.1, 0.15) is 62.9 Å². The number of ether oxygens (including phenoxy) is 1. The van der Waals surface area contributed by atoms with Gasteiger partial charge in [0.1, 0.15) is 6.04 Å². The second-order valence-electron chi connectivity index (χ2n) is 8.23. The van der Waals surface area contributed by atoms with Crippen LogP contribution in [0.3, 0.4) is 0 Å². The van der Waals surface area contributed by atoms with Gasteiger partial charge < -0.3 is 9.30 Å². The van der Waals surface area contributed by atoms with Gasteiger partial charge in [-0.1, -0.05) is 25.1 Å². The summed E-state index contributed by atoms with van der Waals surface area (Å²) in [5.74, 6) is -0.0509. The van der Waals surface area contributed by atoms with Crippen molar-refractivity contribution < 1.29 is 9.53 Å². The van der Waals surface area contributed by atoms with Gasteiger partial charge in [-0.3, -0.25) is 4.90 Å². The molecule has 0 saturated carbocycles. The highest BCUT2D eigenvalue weighted by Gasteiger charge is 2.54. The van der Waals surface area contributed by atoms with E-state index in [1.165, 1.54) is 41.5 Å². The topological polar surface area (TPSA) is 34.5 Å². The number of benzene rings is 1. The Morgan fingerprint density at radius 2 is 2.12 bits per heavy atom. The summed E-state index contributed by atoms with van der Waals surface area (Å²) >= 11 is 0. The number of rotatable bonds is 3. The number of esters is 1. The van der Waals surface area contributed by atoms with E-state index in [4.69, 9.17) is 4.74 Å². The van der Waals surface area contributed by atoms with E-state index in [1.54, 1.807) is 0 Å². The van der Waals surface area contributed by atoms with E-state index in [1.807, 2.05) is 6.92 Å². The second-order valence-corrected chi connectivity index (χ2v) is 8.23. The fraction of sp³-hybridized carbons (Fsp3) is 0.591. The molecule has 0 amide bonds. The van der Waals surface area contributed by atoms with E-state index < -0.39 is 0 Å². The van der Waals surface area contributed by atoms with E-state index in [9.17, 15) is 4.79 Å². The first-order valence-corrected chi connectivity index (χ1v) is 10.2. The van der Waals surface area contributed by atoms with Gasteiger partial charge >= 0.3 is 5.97 Å². The van der Waals surface area contributed by atoms with Crippen LogP contribution in [0.4, 0.5) is 0 Å². The van der Waals surface area contributed by atoms with Crippen LogP contribution >= 0.6 is 0 Å². The summed E-state index contributed by atoms with van der Waals surface area (Å²) in [6, 6.07) is 8.93. The molecular formula is C22H28N2O2. The Kier molecular flexibility index (Phi) is 3.68. The van der Waals surface area contributed by atoms with Crippen molar-refractivity contribution in [2.45, 2.75) is 58.0 Å². The van der Waals surface area contributed by atoms with Crippen LogP contribution in [0, 0.1) is 5.41 Å². The molecule has 3 aliphatic rings. The summed E-state index contributed by atoms with van der Waals surface area (Å²) in [7, 11) is 0. The number of nitrogens with zero attached hydrogens (tertiary/aromatic N) is 2. The van der Waals surface area contributed by atoms with Crippen molar-refractivity contribution in [2.75, 3.05) is 19.7 Å². The predicted molar refractivity (Wildman–Crippen MR) is 102 cm³/mol. The van der Waals surface area contributed by atoms with E-state index in [2.05, 4.69) is 40.7 Å². The number of aromatic nitrogens is 1. The third kappa shape index (κ3) is 2.02. The molecule has 0 bridgehead atoms. The molecule has 0 radical (unpaired) electrons. The van der Waals surface area contributed by atoms with Crippen molar-refractivity contribution in [3.8, 4) is 0 Å². The Morgan fingerprint density at radius 1 is 1.27 bits per heavy atom. The summed E-state index contributed by atoms with van der Waals surface area (Å²) in [4.78, 5) is 15.7. The van der Waals surface area contributed by atoms with Gasteiger partial charge in [0.05, 0.1) is 12.6 Å². The molecule has 4 nitrogen and oxygen atoms in total. The molecule has 0 aliphatic carbocycles. The van der Waals surface area contributed by atoms with Gasteiger partial charge in [0.2, 0.25) is 0 Å². The normalized spacial score (nSPS) is 30.2. The first kappa shape index (κ1) is 16.4. The number of carbonyl (C=O) groups is 1. The van der Waals surface area contributed by atoms with Crippen LogP contribution in [-0.2, 0) is 16.0 Å². The lowest BCUT2D eigenvalue weighted by molar-refractivity contribution is -0.151. The summed E-state index contributed by atoms with van der Waals surface area (Å²) in [6.07, 6.45) is 5.60. The lowest BCUT2D eigenvalue weighted by Gasteiger charge is -2.56. The maximum Gasteiger partial charge on any atom is 0.329 e. The third-order valence-corrected chi connectivity index (χ3v) is 7.20. The zero-order valence-electron chi connectivity index (χ0n) is 15.8. The van der Waals surface area contributed by atoms with Crippen LogP contribution in [-0.4, -0.2) is 35.1 Å². The maximum absolute atomic E-state index is 13.0. The quantitative estimate of drug-likeness (QED) is 0.775. The van der Waals surface area contributed by atoms with E-state index in [-0.39, 0.29) is 17.4 Å². The molecule has 1 aromatic heterocycles.